The van der Waals surface area contributed by atoms with Crippen molar-refractivity contribution in [2.75, 3.05) is 27.2 Å². The topological polar surface area (TPSA) is 52.6 Å². The van der Waals surface area contributed by atoms with Crippen molar-refractivity contribution in [1.29, 1.82) is 0 Å². The second-order valence-corrected chi connectivity index (χ2v) is 16.8. The molecule has 2 N–H and O–H groups in total. The Kier molecular flexibility index (Phi) is 6.84. The highest BCUT2D eigenvalue weighted by molar-refractivity contribution is 5.84. The van der Waals surface area contributed by atoms with Gasteiger partial charge < -0.3 is 15.3 Å². The van der Waals surface area contributed by atoms with Crippen molar-refractivity contribution < 1.29 is 9.90 Å². The molecule has 4 fully saturated rings. The molecule has 1 unspecified atom stereocenters. The van der Waals surface area contributed by atoms with Crippen LogP contribution in [0.3, 0.4) is 0 Å². The van der Waals surface area contributed by atoms with E-state index in [0.717, 1.165) is 64.5 Å². The molecule has 0 aromatic rings. The lowest BCUT2D eigenvalue weighted by molar-refractivity contribution is -0.203. The van der Waals surface area contributed by atoms with Gasteiger partial charge >= 0.3 is 0 Å². The Morgan fingerprint density at radius 1 is 0.947 bits per heavy atom. The molecule has 38 heavy (non-hydrogen) atoms. The van der Waals surface area contributed by atoms with Crippen LogP contribution in [0, 0.1) is 50.2 Å². The molecule has 8 atom stereocenters. The summed E-state index contributed by atoms with van der Waals surface area (Å²) in [4.78, 5) is 16.2. The van der Waals surface area contributed by atoms with E-state index in [1.54, 1.807) is 5.57 Å². The van der Waals surface area contributed by atoms with E-state index < -0.39 is 0 Å². The van der Waals surface area contributed by atoms with Crippen LogP contribution in [0.5, 0.6) is 0 Å². The summed E-state index contributed by atoms with van der Waals surface area (Å²) in [6, 6.07) is 0. The van der Waals surface area contributed by atoms with Crippen LogP contribution in [0.4, 0.5) is 0 Å². The Hall–Kier alpha value is -0.870. The maximum atomic E-state index is 14.0. The van der Waals surface area contributed by atoms with E-state index in [1.807, 2.05) is 0 Å². The fraction of sp³-hybridized carbons (Fsp3) is 0.912. The number of fused-ring (bicyclic) bond motifs is 7. The summed E-state index contributed by atoms with van der Waals surface area (Å²) in [6.07, 6.45) is 13.7. The maximum Gasteiger partial charge on any atom is 0.226 e. The Balaban J connectivity index is 1.53. The summed E-state index contributed by atoms with van der Waals surface area (Å²) in [7, 11) is 4.16. The second kappa shape index (κ2) is 9.07. The predicted octanol–water partition coefficient (Wildman–Crippen LogP) is 6.83. The highest BCUT2D eigenvalue weighted by Crippen LogP contribution is 2.75. The molecule has 5 rings (SSSR count). The van der Waals surface area contributed by atoms with Crippen molar-refractivity contribution in [3.8, 4) is 0 Å². The first-order valence-corrected chi connectivity index (χ1v) is 15.9. The van der Waals surface area contributed by atoms with E-state index >= 15 is 0 Å². The van der Waals surface area contributed by atoms with E-state index in [1.165, 1.54) is 12.8 Å². The number of carbonyl (C=O) groups excluding carboxylic acids is 1. The zero-order valence-electron chi connectivity index (χ0n) is 26.2. The molecule has 4 heteroatoms. The molecule has 4 nitrogen and oxygen atoms in total. The van der Waals surface area contributed by atoms with Crippen LogP contribution in [-0.4, -0.2) is 49.2 Å². The highest BCUT2D eigenvalue weighted by Gasteiger charge is 2.69. The largest absolute Gasteiger partial charge is 0.393 e. The van der Waals surface area contributed by atoms with Gasteiger partial charge in [-0.15, -0.1) is 0 Å². The summed E-state index contributed by atoms with van der Waals surface area (Å²) in [5, 5.41) is 14.4. The standard InChI is InChI=1S/C34H58N2O2/c1-29(2)16-18-34(28(38)35-20-21-36(8)9)19-17-32(6)23(24(34)22-29)10-11-26-31(5)14-13-27(37)30(3,4)25(31)12-15-33(26,32)7/h10,24-27,37H,11-22H2,1-9H3,(H,35,38)/t24-,25-,26?,27-,31-,32+,33+,34-/m0/s1. The maximum absolute atomic E-state index is 14.0. The molecule has 5 aliphatic rings. The van der Waals surface area contributed by atoms with E-state index in [4.69, 9.17) is 0 Å². The fourth-order valence-electron chi connectivity index (χ4n) is 11.2. The van der Waals surface area contributed by atoms with Gasteiger partial charge in [-0.3, -0.25) is 4.79 Å². The Morgan fingerprint density at radius 2 is 1.63 bits per heavy atom. The summed E-state index contributed by atoms with van der Waals surface area (Å²) in [5.41, 5.74) is 2.33. The van der Waals surface area contributed by atoms with Gasteiger partial charge in [0.05, 0.1) is 11.5 Å². The fourth-order valence-corrected chi connectivity index (χ4v) is 11.2. The Labute approximate surface area is 233 Å². The molecule has 0 spiro atoms. The van der Waals surface area contributed by atoms with Gasteiger partial charge in [0, 0.05) is 13.1 Å². The van der Waals surface area contributed by atoms with E-state index in [2.05, 4.69) is 78.9 Å². The summed E-state index contributed by atoms with van der Waals surface area (Å²) >= 11 is 0. The lowest BCUT2D eigenvalue weighted by atomic mass is 9.33. The zero-order valence-corrected chi connectivity index (χ0v) is 26.2. The van der Waals surface area contributed by atoms with Crippen LogP contribution < -0.4 is 5.32 Å². The molecule has 0 aromatic heterocycles. The van der Waals surface area contributed by atoms with E-state index in [-0.39, 0.29) is 38.6 Å². The number of nitrogens with one attached hydrogen (secondary N) is 1. The number of hydrogen-bond donors (Lipinski definition) is 2. The number of hydrogen-bond acceptors (Lipinski definition) is 3. The van der Waals surface area contributed by atoms with Crippen LogP contribution in [0.25, 0.3) is 0 Å². The molecule has 1 amide bonds. The van der Waals surface area contributed by atoms with Crippen molar-refractivity contribution in [2.24, 2.45) is 50.2 Å². The third-order valence-corrected chi connectivity index (χ3v) is 13.9. The van der Waals surface area contributed by atoms with Crippen LogP contribution in [0.1, 0.15) is 113 Å². The number of carbonyl (C=O) groups is 1. The molecule has 0 heterocycles. The number of rotatable bonds is 4. The van der Waals surface area contributed by atoms with E-state index in [0.29, 0.717) is 23.7 Å². The number of allylic oxidation sites excluding steroid dienone is 2. The number of nitrogens with zero attached hydrogens (tertiary/aromatic N) is 1. The third-order valence-electron chi connectivity index (χ3n) is 13.9. The minimum atomic E-state index is -0.242. The van der Waals surface area contributed by atoms with Crippen molar-refractivity contribution in [3.63, 3.8) is 0 Å². The molecule has 0 aromatic carbocycles. The minimum absolute atomic E-state index is 0.0149. The van der Waals surface area contributed by atoms with Gasteiger partial charge in [0.25, 0.3) is 0 Å². The lowest BCUT2D eigenvalue weighted by Crippen LogP contribution is -2.65. The number of aliphatic hydroxyl groups excluding tert-OH is 1. The number of likely N-dealkylation sites (N-methyl/N-ethyl adjacent to an activating group) is 1. The van der Waals surface area contributed by atoms with Gasteiger partial charge in [-0.05, 0) is 123 Å². The Bertz CT molecular complexity index is 983. The molecular formula is C34H58N2O2. The van der Waals surface area contributed by atoms with Crippen LogP contribution in [-0.2, 0) is 4.79 Å². The molecule has 4 saturated carbocycles. The average Bonchev–Trinajstić information content (AvgIpc) is 2.81. The Morgan fingerprint density at radius 3 is 2.32 bits per heavy atom. The quantitative estimate of drug-likeness (QED) is 0.395. The molecule has 5 aliphatic carbocycles. The molecule has 0 bridgehead atoms. The van der Waals surface area contributed by atoms with Gasteiger partial charge in [-0.2, -0.15) is 0 Å². The lowest BCUT2D eigenvalue weighted by Gasteiger charge is -2.71. The monoisotopic (exact) mass is 526 g/mol. The van der Waals surface area contributed by atoms with E-state index in [9.17, 15) is 9.90 Å². The highest BCUT2D eigenvalue weighted by atomic mass is 16.3. The summed E-state index contributed by atoms with van der Waals surface area (Å²) in [6.45, 7) is 19.0. The predicted molar refractivity (Wildman–Crippen MR) is 157 cm³/mol. The normalized spacial score (nSPS) is 47.2. The summed E-state index contributed by atoms with van der Waals surface area (Å²) < 4.78 is 0. The zero-order chi connectivity index (χ0) is 27.9. The second-order valence-electron chi connectivity index (χ2n) is 16.8. The minimum Gasteiger partial charge on any atom is -0.393 e. The van der Waals surface area contributed by atoms with Gasteiger partial charge in [0.1, 0.15) is 0 Å². The number of amides is 1. The number of aliphatic hydroxyl groups is 1. The van der Waals surface area contributed by atoms with Gasteiger partial charge in [-0.1, -0.05) is 60.1 Å². The van der Waals surface area contributed by atoms with Gasteiger partial charge in [0.2, 0.25) is 5.91 Å². The third kappa shape index (κ3) is 3.92. The first kappa shape index (κ1) is 28.7. The van der Waals surface area contributed by atoms with Gasteiger partial charge in [0.15, 0.2) is 0 Å². The molecule has 216 valence electrons. The van der Waals surface area contributed by atoms with Gasteiger partial charge in [-0.25, -0.2) is 0 Å². The van der Waals surface area contributed by atoms with Crippen molar-refractivity contribution >= 4 is 5.91 Å². The first-order valence-electron chi connectivity index (χ1n) is 15.9. The first-order chi connectivity index (χ1) is 17.5. The molecule has 0 radical (unpaired) electrons. The van der Waals surface area contributed by atoms with Crippen LogP contribution in [0.2, 0.25) is 0 Å². The molecule has 0 saturated heterocycles. The average molecular weight is 527 g/mol. The molecular weight excluding hydrogens is 468 g/mol. The van der Waals surface area contributed by atoms with Crippen LogP contribution >= 0.6 is 0 Å². The SMILES string of the molecule is CN(C)CCNC(=O)[C@]12CCC(C)(C)C[C@H]1C1=CCC3[C@@]4(C)CC[C@H](O)C(C)(C)[C@@H]4CC[C@@]3(C)[C@]1(C)CC2. The molecule has 0 aliphatic heterocycles. The van der Waals surface area contributed by atoms with Crippen molar-refractivity contribution in [1.82, 2.24) is 10.2 Å². The van der Waals surface area contributed by atoms with Crippen LogP contribution in [0.15, 0.2) is 11.6 Å². The summed E-state index contributed by atoms with van der Waals surface area (Å²) in [5.74, 6) is 1.91. The van der Waals surface area contributed by atoms with Crippen molar-refractivity contribution in [3.05, 3.63) is 11.6 Å². The smallest absolute Gasteiger partial charge is 0.226 e. The van der Waals surface area contributed by atoms with Crippen molar-refractivity contribution in [2.45, 2.75) is 119 Å².